The molecule has 0 amide bonds. The topological polar surface area (TPSA) is 35.5 Å². The highest BCUT2D eigenvalue weighted by molar-refractivity contribution is 5.97. The lowest BCUT2D eigenvalue weighted by Crippen LogP contribution is -2.01. The summed E-state index contributed by atoms with van der Waals surface area (Å²) < 4.78 is 22.2. The number of carbonyl (C=O) groups is 1. The van der Waals surface area contributed by atoms with Crippen LogP contribution >= 0.6 is 0 Å². The van der Waals surface area contributed by atoms with Crippen molar-refractivity contribution in [1.82, 2.24) is 0 Å². The van der Waals surface area contributed by atoms with Crippen LogP contribution in [0.4, 0.5) is 4.39 Å². The predicted octanol–water partition coefficient (Wildman–Crippen LogP) is 2.64. The Morgan fingerprint density at radius 3 is 2.75 bits per heavy atom. The van der Waals surface area contributed by atoms with Gasteiger partial charge in [-0.15, -0.1) is 0 Å². The molecule has 0 aliphatic rings. The van der Waals surface area contributed by atoms with E-state index in [1.165, 1.54) is 14.0 Å². The van der Waals surface area contributed by atoms with Gasteiger partial charge < -0.3 is 9.47 Å². The van der Waals surface area contributed by atoms with Gasteiger partial charge in [0.2, 0.25) is 0 Å². The average molecular weight is 226 g/mol. The Balaban J connectivity index is 2.81. The smallest absolute Gasteiger partial charge is 0.163 e. The molecule has 1 aromatic carbocycles. The fraction of sp³-hybridized carbons (Fsp3) is 0.417. The molecule has 3 nitrogen and oxygen atoms in total. The lowest BCUT2D eigenvalue weighted by molar-refractivity contribution is 0.101. The number of hydrogen-bond donors (Lipinski definition) is 0. The Kier molecular flexibility index (Phi) is 4.76. The van der Waals surface area contributed by atoms with E-state index in [9.17, 15) is 9.18 Å². The highest BCUT2D eigenvalue weighted by atomic mass is 19.1. The van der Waals surface area contributed by atoms with Crippen molar-refractivity contribution < 1.29 is 18.7 Å². The molecule has 0 radical (unpaired) electrons. The molecule has 0 saturated heterocycles. The fourth-order valence-corrected chi connectivity index (χ4v) is 1.30. The third-order valence-electron chi connectivity index (χ3n) is 2.10. The standard InChI is InChI=1S/C12H15FO3/c1-9(14)11-8-10(16-7-3-6-13)4-5-12(11)15-2/h4-5,8H,3,6-7H2,1-2H3. The number of benzene rings is 1. The first-order valence-electron chi connectivity index (χ1n) is 5.06. The zero-order chi connectivity index (χ0) is 12.0. The first-order valence-corrected chi connectivity index (χ1v) is 5.06. The predicted molar refractivity (Wildman–Crippen MR) is 59.1 cm³/mol. The molecule has 0 aliphatic carbocycles. The molecule has 0 spiro atoms. The zero-order valence-electron chi connectivity index (χ0n) is 9.46. The summed E-state index contributed by atoms with van der Waals surface area (Å²) in [4.78, 5) is 11.3. The Morgan fingerprint density at radius 1 is 1.44 bits per heavy atom. The maximum atomic E-state index is 11.9. The quantitative estimate of drug-likeness (QED) is 0.552. The lowest BCUT2D eigenvalue weighted by atomic mass is 10.1. The highest BCUT2D eigenvalue weighted by Crippen LogP contribution is 2.24. The zero-order valence-corrected chi connectivity index (χ0v) is 9.46. The first-order chi connectivity index (χ1) is 7.69. The van der Waals surface area contributed by atoms with Gasteiger partial charge in [-0.3, -0.25) is 9.18 Å². The van der Waals surface area contributed by atoms with Gasteiger partial charge in [0.15, 0.2) is 5.78 Å². The van der Waals surface area contributed by atoms with Crippen LogP contribution < -0.4 is 9.47 Å². The minimum absolute atomic E-state index is 0.0900. The first kappa shape index (κ1) is 12.5. The molecular weight excluding hydrogens is 211 g/mol. The second-order valence-electron chi connectivity index (χ2n) is 3.31. The Bertz CT molecular complexity index is 363. The van der Waals surface area contributed by atoms with E-state index in [1.54, 1.807) is 18.2 Å². The molecule has 0 N–H and O–H groups in total. The number of Topliss-reactive ketones (excluding diaryl/α,β-unsaturated/α-hetero) is 1. The van der Waals surface area contributed by atoms with E-state index < -0.39 is 6.67 Å². The summed E-state index contributed by atoms with van der Waals surface area (Å²) in [5, 5.41) is 0. The van der Waals surface area contributed by atoms with Gasteiger partial charge in [-0.1, -0.05) is 0 Å². The van der Waals surface area contributed by atoms with Crippen molar-refractivity contribution in [1.29, 1.82) is 0 Å². The van der Waals surface area contributed by atoms with Crippen molar-refractivity contribution in [3.05, 3.63) is 23.8 Å². The van der Waals surface area contributed by atoms with Crippen LogP contribution in [0.1, 0.15) is 23.7 Å². The van der Waals surface area contributed by atoms with Crippen LogP contribution in [-0.2, 0) is 0 Å². The molecule has 0 atom stereocenters. The van der Waals surface area contributed by atoms with Gasteiger partial charge in [-0.05, 0) is 25.1 Å². The number of ketones is 1. The second kappa shape index (κ2) is 6.10. The van der Waals surface area contributed by atoms with E-state index in [2.05, 4.69) is 0 Å². The van der Waals surface area contributed by atoms with Crippen LogP contribution in [-0.4, -0.2) is 26.2 Å². The molecule has 0 fully saturated rings. The van der Waals surface area contributed by atoms with Crippen molar-refractivity contribution in [3.8, 4) is 11.5 Å². The molecule has 4 heteroatoms. The van der Waals surface area contributed by atoms with Gasteiger partial charge in [0.1, 0.15) is 11.5 Å². The monoisotopic (exact) mass is 226 g/mol. The van der Waals surface area contributed by atoms with E-state index in [0.717, 1.165) is 0 Å². The van der Waals surface area contributed by atoms with E-state index in [1.807, 2.05) is 0 Å². The molecule has 1 rings (SSSR count). The summed E-state index contributed by atoms with van der Waals surface area (Å²) in [6, 6.07) is 4.98. The van der Waals surface area contributed by atoms with Crippen molar-refractivity contribution >= 4 is 5.78 Å². The Morgan fingerprint density at radius 2 is 2.19 bits per heavy atom. The number of hydrogen-bond acceptors (Lipinski definition) is 3. The largest absolute Gasteiger partial charge is 0.496 e. The molecule has 88 valence electrons. The van der Waals surface area contributed by atoms with Gasteiger partial charge in [-0.25, -0.2) is 0 Å². The van der Waals surface area contributed by atoms with E-state index >= 15 is 0 Å². The van der Waals surface area contributed by atoms with Crippen LogP contribution in [0.5, 0.6) is 11.5 Å². The molecule has 0 aliphatic heterocycles. The van der Waals surface area contributed by atoms with Crippen LogP contribution in [0.15, 0.2) is 18.2 Å². The summed E-state index contributed by atoms with van der Waals surface area (Å²) >= 11 is 0. The minimum Gasteiger partial charge on any atom is -0.496 e. The molecule has 0 saturated carbocycles. The van der Waals surface area contributed by atoms with Gasteiger partial charge >= 0.3 is 0 Å². The SMILES string of the molecule is COc1ccc(OCCCF)cc1C(C)=O. The third-order valence-corrected chi connectivity index (χ3v) is 2.10. The number of alkyl halides is 1. The number of carbonyl (C=O) groups excluding carboxylic acids is 1. The minimum atomic E-state index is -0.407. The molecule has 1 aromatic rings. The van der Waals surface area contributed by atoms with Crippen LogP contribution in [0, 0.1) is 0 Å². The van der Waals surface area contributed by atoms with Crippen molar-refractivity contribution in [2.45, 2.75) is 13.3 Å². The second-order valence-corrected chi connectivity index (χ2v) is 3.31. The van der Waals surface area contributed by atoms with Crippen molar-refractivity contribution in [2.75, 3.05) is 20.4 Å². The summed E-state index contributed by atoms with van der Waals surface area (Å²) in [6.45, 7) is 1.36. The summed E-state index contributed by atoms with van der Waals surface area (Å²) in [5.41, 5.74) is 0.472. The van der Waals surface area contributed by atoms with Crippen molar-refractivity contribution in [3.63, 3.8) is 0 Å². The molecular formula is C12H15FO3. The fourth-order valence-electron chi connectivity index (χ4n) is 1.30. The summed E-state index contributed by atoms with van der Waals surface area (Å²) in [6.07, 6.45) is 0.349. The summed E-state index contributed by atoms with van der Waals surface area (Å²) in [7, 11) is 1.51. The molecule has 0 unspecified atom stereocenters. The Hall–Kier alpha value is -1.58. The molecule has 0 bridgehead atoms. The van der Waals surface area contributed by atoms with Gasteiger partial charge in [-0.2, -0.15) is 0 Å². The van der Waals surface area contributed by atoms with Gasteiger partial charge in [0.05, 0.1) is 26.0 Å². The number of rotatable bonds is 6. The normalized spacial score (nSPS) is 9.94. The maximum Gasteiger partial charge on any atom is 0.163 e. The average Bonchev–Trinajstić information content (AvgIpc) is 2.29. The van der Waals surface area contributed by atoms with Gasteiger partial charge in [0.25, 0.3) is 0 Å². The lowest BCUT2D eigenvalue weighted by Gasteiger charge is -2.09. The van der Waals surface area contributed by atoms with Crippen LogP contribution in [0.2, 0.25) is 0 Å². The van der Waals surface area contributed by atoms with Crippen LogP contribution in [0.3, 0.4) is 0 Å². The van der Waals surface area contributed by atoms with Crippen LogP contribution in [0.25, 0.3) is 0 Å². The number of ether oxygens (including phenoxy) is 2. The third kappa shape index (κ3) is 3.22. The number of methoxy groups -OCH3 is 1. The molecule has 16 heavy (non-hydrogen) atoms. The Labute approximate surface area is 94.2 Å². The molecule has 0 heterocycles. The highest BCUT2D eigenvalue weighted by Gasteiger charge is 2.09. The van der Waals surface area contributed by atoms with Gasteiger partial charge in [0, 0.05) is 6.42 Å². The molecule has 0 aromatic heterocycles. The number of halogens is 1. The summed E-state index contributed by atoms with van der Waals surface area (Å²) in [5.74, 6) is 0.984. The van der Waals surface area contributed by atoms with E-state index in [-0.39, 0.29) is 5.78 Å². The van der Waals surface area contributed by atoms with E-state index in [4.69, 9.17) is 9.47 Å². The van der Waals surface area contributed by atoms with Crippen molar-refractivity contribution in [2.24, 2.45) is 0 Å². The maximum absolute atomic E-state index is 11.9. The van der Waals surface area contributed by atoms with E-state index in [0.29, 0.717) is 30.1 Å².